The summed E-state index contributed by atoms with van der Waals surface area (Å²) in [4.78, 5) is 23.2. The third kappa shape index (κ3) is 3.98. The normalized spacial score (nSPS) is 11.9. The highest BCUT2D eigenvalue weighted by atomic mass is 16.4. The molecule has 4 N–H and O–H groups in total. The van der Waals surface area contributed by atoms with Gasteiger partial charge in [0.05, 0.1) is 0 Å². The molecule has 0 aliphatic carbocycles. The van der Waals surface area contributed by atoms with Gasteiger partial charge in [-0.1, -0.05) is 25.8 Å². The molecule has 0 fully saturated rings. The number of carbonyl (C=O) groups is 2. The lowest BCUT2D eigenvalue weighted by atomic mass is 10.0. The quantitative estimate of drug-likeness (QED) is 0.685. The van der Waals surface area contributed by atoms with Crippen molar-refractivity contribution in [2.75, 3.05) is 5.73 Å². The van der Waals surface area contributed by atoms with E-state index in [-0.39, 0.29) is 0 Å². The highest BCUT2D eigenvalue weighted by Gasteiger charge is 2.21. The van der Waals surface area contributed by atoms with E-state index in [4.69, 9.17) is 10.8 Å². The third-order valence-corrected chi connectivity index (χ3v) is 3.07. The minimum absolute atomic E-state index is 0.395. The molecule has 0 bridgehead atoms. The second kappa shape index (κ2) is 6.78. The number of nitrogen functional groups attached to an aromatic ring is 1. The topological polar surface area (TPSA) is 92.4 Å². The molecule has 5 heteroatoms. The zero-order chi connectivity index (χ0) is 14.4. The standard InChI is InChI=1S/C14H20N2O3/c1-3-4-8-12(14(18)19)16-13(17)10-6-5-7-11(15)9(10)2/h5-7,12H,3-4,8,15H2,1-2H3,(H,16,17)(H,18,19)/t12-/m0/s1. The molecular formula is C14H20N2O3. The van der Waals surface area contributed by atoms with E-state index in [0.717, 1.165) is 12.8 Å². The molecular weight excluding hydrogens is 244 g/mol. The molecule has 0 spiro atoms. The van der Waals surface area contributed by atoms with Gasteiger partial charge in [0.2, 0.25) is 0 Å². The largest absolute Gasteiger partial charge is 0.480 e. The number of benzene rings is 1. The van der Waals surface area contributed by atoms with Gasteiger partial charge in [-0.05, 0) is 31.0 Å². The summed E-state index contributed by atoms with van der Waals surface area (Å²) >= 11 is 0. The van der Waals surface area contributed by atoms with Gasteiger partial charge in [0.1, 0.15) is 6.04 Å². The highest BCUT2D eigenvalue weighted by molar-refractivity contribution is 5.98. The number of carboxylic acid groups (broad SMARTS) is 1. The lowest BCUT2D eigenvalue weighted by molar-refractivity contribution is -0.139. The van der Waals surface area contributed by atoms with Crippen molar-refractivity contribution >= 4 is 17.6 Å². The van der Waals surface area contributed by atoms with Crippen LogP contribution in [0.5, 0.6) is 0 Å². The number of anilines is 1. The predicted octanol–water partition coefficient (Wildman–Crippen LogP) is 1.95. The van der Waals surface area contributed by atoms with Crippen LogP contribution in [-0.4, -0.2) is 23.0 Å². The van der Waals surface area contributed by atoms with Crippen LogP contribution in [0.15, 0.2) is 18.2 Å². The fourth-order valence-electron chi connectivity index (χ4n) is 1.80. The summed E-state index contributed by atoms with van der Waals surface area (Å²) in [6.45, 7) is 3.72. The summed E-state index contributed by atoms with van der Waals surface area (Å²) in [5, 5.41) is 11.6. The number of carboxylic acids is 1. The minimum Gasteiger partial charge on any atom is -0.480 e. The van der Waals surface area contributed by atoms with Crippen molar-refractivity contribution in [3.05, 3.63) is 29.3 Å². The summed E-state index contributed by atoms with van der Waals surface area (Å²) in [7, 11) is 0. The van der Waals surface area contributed by atoms with E-state index >= 15 is 0 Å². The highest BCUT2D eigenvalue weighted by Crippen LogP contribution is 2.15. The Morgan fingerprint density at radius 3 is 2.68 bits per heavy atom. The number of hydrogen-bond acceptors (Lipinski definition) is 3. The fourth-order valence-corrected chi connectivity index (χ4v) is 1.80. The van der Waals surface area contributed by atoms with E-state index in [0.29, 0.717) is 23.2 Å². The molecule has 0 aliphatic rings. The number of carbonyl (C=O) groups excluding carboxylic acids is 1. The Morgan fingerprint density at radius 1 is 1.42 bits per heavy atom. The van der Waals surface area contributed by atoms with Crippen molar-refractivity contribution in [1.29, 1.82) is 0 Å². The van der Waals surface area contributed by atoms with Gasteiger partial charge in [-0.2, -0.15) is 0 Å². The van der Waals surface area contributed by atoms with Crippen LogP contribution < -0.4 is 11.1 Å². The summed E-state index contributed by atoms with van der Waals surface area (Å²) in [6.07, 6.45) is 2.07. The molecule has 5 nitrogen and oxygen atoms in total. The Kier molecular flexibility index (Phi) is 5.36. The van der Waals surface area contributed by atoms with Crippen LogP contribution >= 0.6 is 0 Å². The van der Waals surface area contributed by atoms with Gasteiger partial charge in [0.15, 0.2) is 0 Å². The second-order valence-corrected chi connectivity index (χ2v) is 4.53. The average molecular weight is 264 g/mol. The van der Waals surface area contributed by atoms with E-state index in [9.17, 15) is 9.59 Å². The number of hydrogen-bond donors (Lipinski definition) is 3. The monoisotopic (exact) mass is 264 g/mol. The molecule has 1 rings (SSSR count). The van der Waals surface area contributed by atoms with E-state index in [1.165, 1.54) is 0 Å². The van der Waals surface area contributed by atoms with E-state index in [1.807, 2.05) is 6.92 Å². The van der Waals surface area contributed by atoms with Crippen molar-refractivity contribution in [3.8, 4) is 0 Å². The van der Waals surface area contributed by atoms with Gasteiger partial charge in [-0.15, -0.1) is 0 Å². The number of aliphatic carboxylic acids is 1. The molecule has 1 amide bonds. The molecule has 0 saturated carbocycles. The van der Waals surface area contributed by atoms with Crippen molar-refractivity contribution < 1.29 is 14.7 Å². The van der Waals surface area contributed by atoms with Crippen LogP contribution in [0.2, 0.25) is 0 Å². The Labute approximate surface area is 112 Å². The first kappa shape index (κ1) is 15.0. The molecule has 0 saturated heterocycles. The maximum atomic E-state index is 12.1. The Bertz CT molecular complexity index is 472. The first-order chi connectivity index (χ1) is 8.97. The van der Waals surface area contributed by atoms with Crippen molar-refractivity contribution in [1.82, 2.24) is 5.32 Å². The maximum absolute atomic E-state index is 12.1. The second-order valence-electron chi connectivity index (χ2n) is 4.53. The molecule has 1 atom stereocenters. The Hall–Kier alpha value is -2.04. The van der Waals surface area contributed by atoms with E-state index in [2.05, 4.69) is 5.32 Å². The van der Waals surface area contributed by atoms with Gasteiger partial charge >= 0.3 is 5.97 Å². The molecule has 19 heavy (non-hydrogen) atoms. The zero-order valence-electron chi connectivity index (χ0n) is 11.3. The summed E-state index contributed by atoms with van der Waals surface area (Å²) in [6, 6.07) is 4.17. The SMILES string of the molecule is CCCC[C@H](NC(=O)c1cccc(N)c1C)C(=O)O. The fraction of sp³-hybridized carbons (Fsp3) is 0.429. The molecule has 0 unspecified atom stereocenters. The number of nitrogens with one attached hydrogen (secondary N) is 1. The van der Waals surface area contributed by atoms with Crippen LogP contribution in [0.1, 0.15) is 42.1 Å². The summed E-state index contributed by atoms with van der Waals surface area (Å²) in [5.41, 5.74) is 7.34. The first-order valence-corrected chi connectivity index (χ1v) is 6.36. The van der Waals surface area contributed by atoms with Crippen LogP contribution in [0.25, 0.3) is 0 Å². The van der Waals surface area contributed by atoms with Gasteiger partial charge < -0.3 is 16.2 Å². The first-order valence-electron chi connectivity index (χ1n) is 6.36. The summed E-state index contributed by atoms with van der Waals surface area (Å²) < 4.78 is 0. The molecule has 0 aliphatic heterocycles. The van der Waals surface area contributed by atoms with Crippen molar-refractivity contribution in [3.63, 3.8) is 0 Å². The lowest BCUT2D eigenvalue weighted by Gasteiger charge is -2.15. The molecule has 104 valence electrons. The smallest absolute Gasteiger partial charge is 0.326 e. The van der Waals surface area contributed by atoms with Crippen molar-refractivity contribution in [2.45, 2.75) is 39.2 Å². The van der Waals surface area contributed by atoms with E-state index in [1.54, 1.807) is 25.1 Å². The molecule has 0 heterocycles. The lowest BCUT2D eigenvalue weighted by Crippen LogP contribution is -2.41. The van der Waals surface area contributed by atoms with Gasteiger partial charge in [0.25, 0.3) is 5.91 Å². The zero-order valence-corrected chi connectivity index (χ0v) is 11.3. The Balaban J connectivity index is 2.82. The third-order valence-electron chi connectivity index (χ3n) is 3.07. The van der Waals surface area contributed by atoms with E-state index < -0.39 is 17.9 Å². The number of amides is 1. The Morgan fingerprint density at radius 2 is 2.11 bits per heavy atom. The van der Waals surface area contributed by atoms with Gasteiger partial charge in [-0.3, -0.25) is 4.79 Å². The van der Waals surface area contributed by atoms with Crippen LogP contribution in [0.3, 0.4) is 0 Å². The molecule has 0 radical (unpaired) electrons. The number of rotatable bonds is 6. The maximum Gasteiger partial charge on any atom is 0.326 e. The van der Waals surface area contributed by atoms with Crippen LogP contribution in [0.4, 0.5) is 5.69 Å². The van der Waals surface area contributed by atoms with Crippen LogP contribution in [0, 0.1) is 6.92 Å². The molecule has 1 aromatic carbocycles. The van der Waals surface area contributed by atoms with Crippen molar-refractivity contribution in [2.24, 2.45) is 0 Å². The van der Waals surface area contributed by atoms with Gasteiger partial charge in [-0.25, -0.2) is 4.79 Å². The summed E-state index contributed by atoms with van der Waals surface area (Å²) in [5.74, 6) is -1.41. The molecule has 1 aromatic rings. The number of unbranched alkanes of at least 4 members (excludes halogenated alkanes) is 1. The average Bonchev–Trinajstić information content (AvgIpc) is 2.37. The number of nitrogens with two attached hydrogens (primary N) is 1. The van der Waals surface area contributed by atoms with Crippen LogP contribution in [-0.2, 0) is 4.79 Å². The minimum atomic E-state index is -1.01. The predicted molar refractivity (Wildman–Crippen MR) is 74.0 cm³/mol. The van der Waals surface area contributed by atoms with Gasteiger partial charge in [0, 0.05) is 11.3 Å². The molecule has 0 aromatic heterocycles.